The van der Waals surface area contributed by atoms with Gasteiger partial charge in [-0.3, -0.25) is 10.7 Å². The van der Waals surface area contributed by atoms with E-state index in [1.54, 1.807) is 4.72 Å². The molecule has 1 aromatic carbocycles. The van der Waals surface area contributed by atoms with E-state index >= 15 is 0 Å². The molecule has 0 aliphatic rings. The van der Waals surface area contributed by atoms with Gasteiger partial charge in [-0.15, -0.1) is 0 Å². The van der Waals surface area contributed by atoms with Crippen molar-refractivity contribution in [3.63, 3.8) is 0 Å². The van der Waals surface area contributed by atoms with E-state index in [0.29, 0.717) is 0 Å². The van der Waals surface area contributed by atoms with Gasteiger partial charge >= 0.3 is 18.0 Å². The van der Waals surface area contributed by atoms with Crippen molar-refractivity contribution in [2.45, 2.75) is 11.8 Å². The summed E-state index contributed by atoms with van der Waals surface area (Å²) in [6, 6.07) is 4.80. The number of nitriles is 1. The van der Waals surface area contributed by atoms with E-state index < -0.39 is 44.2 Å². The van der Waals surface area contributed by atoms with Crippen LogP contribution in [0.5, 0.6) is 11.8 Å². The molecule has 0 unspecified atom stereocenters. The number of hydrogen-bond acceptors (Lipinski definition) is 14. The first-order chi connectivity index (χ1) is 17.6. The third-order valence-electron chi connectivity index (χ3n) is 4.10. The molecule has 17 heteroatoms. The molecule has 0 fully saturated rings. The normalized spacial score (nSPS) is 10.9. The minimum absolute atomic E-state index is 0.00291. The van der Waals surface area contributed by atoms with Crippen molar-refractivity contribution in [2.75, 3.05) is 38.7 Å². The smallest absolute Gasteiger partial charge is 0.369 e. The number of sulfonamides is 1. The van der Waals surface area contributed by atoms with Crippen LogP contribution in [-0.4, -0.2) is 70.0 Å². The Morgan fingerprint density at radius 1 is 1.08 bits per heavy atom. The molecule has 2 aromatic rings. The molecule has 37 heavy (non-hydrogen) atoms. The van der Waals surface area contributed by atoms with Crippen molar-refractivity contribution in [3.05, 3.63) is 29.8 Å². The number of nitrogens with zero attached hydrogens (tertiary/aromatic N) is 4. The number of anilines is 2. The highest BCUT2D eigenvalue weighted by molar-refractivity contribution is 7.90. The van der Waals surface area contributed by atoms with E-state index in [4.69, 9.17) is 14.7 Å². The summed E-state index contributed by atoms with van der Waals surface area (Å²) in [7, 11) is -1.07. The van der Waals surface area contributed by atoms with E-state index in [0.717, 1.165) is 19.2 Å². The average molecular weight is 535 g/mol. The molecule has 16 nitrogen and oxygen atoms in total. The summed E-state index contributed by atoms with van der Waals surface area (Å²) in [5.74, 6) is -2.33. The number of esters is 2. The number of carbonyl (C=O) groups excluding carboxylic acids is 3. The van der Waals surface area contributed by atoms with Crippen LogP contribution >= 0.6 is 0 Å². The minimum Gasteiger partial charge on any atom is -0.481 e. The second-order valence-electron chi connectivity index (χ2n) is 6.44. The molecule has 0 aliphatic heterocycles. The molecule has 0 atom stereocenters. The zero-order valence-electron chi connectivity index (χ0n) is 19.9. The molecular weight excluding hydrogens is 514 g/mol. The molecule has 3 N–H and O–H groups in total. The first kappa shape index (κ1) is 28.3. The van der Waals surface area contributed by atoms with Crippen molar-refractivity contribution in [1.82, 2.24) is 14.7 Å². The molecule has 0 saturated heterocycles. The molecule has 2 rings (SSSR count). The van der Waals surface area contributed by atoms with E-state index in [-0.39, 0.29) is 30.0 Å². The lowest BCUT2D eigenvalue weighted by molar-refractivity contribution is -0.134. The number of aromatic nitrogens is 2. The van der Waals surface area contributed by atoms with E-state index in [9.17, 15) is 22.8 Å². The first-order valence-corrected chi connectivity index (χ1v) is 11.5. The van der Waals surface area contributed by atoms with Crippen molar-refractivity contribution in [2.24, 2.45) is 5.10 Å². The lowest BCUT2D eigenvalue weighted by Crippen LogP contribution is -2.35. The van der Waals surface area contributed by atoms with Crippen LogP contribution < -0.4 is 24.9 Å². The lowest BCUT2D eigenvalue weighted by Gasteiger charge is -2.13. The Kier molecular flexibility index (Phi) is 9.66. The monoisotopic (exact) mass is 535 g/mol. The third-order valence-corrected chi connectivity index (χ3v) is 5.47. The van der Waals surface area contributed by atoms with Gasteiger partial charge in [0.05, 0.1) is 45.3 Å². The molecule has 0 spiro atoms. The highest BCUT2D eigenvalue weighted by Crippen LogP contribution is 2.22. The molecule has 0 radical (unpaired) electrons. The summed E-state index contributed by atoms with van der Waals surface area (Å²) in [5, 5.41) is 14.8. The number of rotatable bonds is 10. The van der Waals surface area contributed by atoms with Crippen molar-refractivity contribution >= 4 is 45.3 Å². The second kappa shape index (κ2) is 12.6. The van der Waals surface area contributed by atoms with E-state index in [1.165, 1.54) is 39.3 Å². The van der Waals surface area contributed by atoms with Gasteiger partial charge in [0.25, 0.3) is 10.0 Å². The van der Waals surface area contributed by atoms with E-state index in [1.807, 2.05) is 0 Å². The molecule has 0 saturated carbocycles. The fraction of sp³-hybridized carbons (Fsp3) is 0.250. The molecule has 0 bridgehead atoms. The Morgan fingerprint density at radius 2 is 1.73 bits per heavy atom. The second-order valence-corrected chi connectivity index (χ2v) is 8.09. The van der Waals surface area contributed by atoms with Crippen molar-refractivity contribution in [1.29, 1.82) is 5.26 Å². The van der Waals surface area contributed by atoms with Gasteiger partial charge in [-0.25, -0.2) is 27.5 Å². The summed E-state index contributed by atoms with van der Waals surface area (Å²) in [4.78, 5) is 43.3. The van der Waals surface area contributed by atoms with E-state index in [2.05, 4.69) is 35.3 Å². The van der Waals surface area contributed by atoms with Gasteiger partial charge in [-0.1, -0.05) is 0 Å². The average Bonchev–Trinajstić information content (AvgIpc) is 2.87. The van der Waals surface area contributed by atoms with Crippen molar-refractivity contribution in [3.8, 4) is 17.8 Å². The fourth-order valence-corrected chi connectivity index (χ4v) is 3.63. The van der Waals surface area contributed by atoms with Crippen LogP contribution in [0.2, 0.25) is 0 Å². The number of methoxy groups -OCH3 is 3. The van der Waals surface area contributed by atoms with Crippen LogP contribution in [0.4, 0.5) is 16.4 Å². The van der Waals surface area contributed by atoms with Gasteiger partial charge in [0.2, 0.25) is 23.4 Å². The van der Waals surface area contributed by atoms with Crippen LogP contribution in [0, 0.1) is 11.3 Å². The summed E-state index contributed by atoms with van der Waals surface area (Å²) in [5.41, 5.74) is 1.19. The van der Waals surface area contributed by atoms with Crippen LogP contribution in [0.3, 0.4) is 0 Å². The summed E-state index contributed by atoms with van der Waals surface area (Å²) >= 11 is 0. The quantitative estimate of drug-likeness (QED) is 0.216. The topological polar surface area (TPSA) is 220 Å². The van der Waals surface area contributed by atoms with Crippen molar-refractivity contribution < 1.29 is 41.7 Å². The van der Waals surface area contributed by atoms with Crippen LogP contribution in [0.15, 0.2) is 34.3 Å². The maximum Gasteiger partial charge on any atom is 0.369 e. The van der Waals surface area contributed by atoms with Gasteiger partial charge in [0.1, 0.15) is 11.0 Å². The largest absolute Gasteiger partial charge is 0.481 e. The summed E-state index contributed by atoms with van der Waals surface area (Å²) in [6.45, 7) is 1.53. The van der Waals surface area contributed by atoms with Gasteiger partial charge in [0, 0.05) is 0 Å². The van der Waals surface area contributed by atoms with Gasteiger partial charge in [-0.2, -0.15) is 20.3 Å². The molecule has 2 amide bonds. The summed E-state index contributed by atoms with van der Waals surface area (Å²) in [6.07, 6.45) is 0. The van der Waals surface area contributed by atoms with Gasteiger partial charge < -0.3 is 18.9 Å². The predicted molar refractivity (Wildman–Crippen MR) is 126 cm³/mol. The Balaban J connectivity index is 2.37. The number of nitrogens with one attached hydrogen (secondary N) is 3. The molecule has 0 aliphatic carbocycles. The van der Waals surface area contributed by atoms with Crippen LogP contribution in [0.1, 0.15) is 17.3 Å². The Hall–Kier alpha value is -4.98. The maximum absolute atomic E-state index is 13.0. The number of hydrazone groups is 1. The zero-order valence-corrected chi connectivity index (χ0v) is 20.7. The zero-order chi connectivity index (χ0) is 27.6. The number of ether oxygens (including phenoxy) is 4. The standard InChI is InChI=1S/C20H21N7O9S/c1-5-36-18(29)13(10-21)26-25-11-6-7-12(17(28)35-4)14(8-11)37(31,32)27-20(30)24-19-22-15(33-2)9-16(23-19)34-3/h6-9,25H,5H2,1-4H3,(H2,22,23,24,27,30)/b26-13-. The molecule has 196 valence electrons. The van der Waals surface area contributed by atoms with Gasteiger partial charge in [0.15, 0.2) is 0 Å². The lowest BCUT2D eigenvalue weighted by atomic mass is 10.2. The number of carbonyl (C=O) groups is 3. The molecular formula is C20H21N7O9S. The SMILES string of the molecule is CCOC(=O)/C(C#N)=N\Nc1ccc(C(=O)OC)c(S(=O)(=O)NC(=O)Nc2nc(OC)cc(OC)n2)c1. The predicted octanol–water partition coefficient (Wildman–Crippen LogP) is 0.645. The Labute approximate surface area is 210 Å². The first-order valence-electron chi connectivity index (χ1n) is 10.0. The molecule has 1 heterocycles. The van der Waals surface area contributed by atoms with Crippen LogP contribution in [0.25, 0.3) is 0 Å². The third kappa shape index (κ3) is 7.50. The number of hydrogen-bond donors (Lipinski definition) is 3. The highest BCUT2D eigenvalue weighted by Gasteiger charge is 2.26. The number of benzene rings is 1. The minimum atomic E-state index is -4.71. The fourth-order valence-electron chi connectivity index (χ4n) is 2.50. The number of amides is 2. The Morgan fingerprint density at radius 3 is 2.27 bits per heavy atom. The number of urea groups is 1. The van der Waals surface area contributed by atoms with Gasteiger partial charge in [-0.05, 0) is 25.1 Å². The maximum atomic E-state index is 13.0. The van der Waals surface area contributed by atoms with Crippen LogP contribution in [-0.2, 0) is 24.3 Å². The summed E-state index contributed by atoms with van der Waals surface area (Å²) < 4.78 is 46.9. The highest BCUT2D eigenvalue weighted by atomic mass is 32.2. The molecule has 1 aromatic heterocycles. The Bertz CT molecular complexity index is 1350.